The third-order valence-electron chi connectivity index (χ3n) is 8.87. The van der Waals surface area contributed by atoms with Gasteiger partial charge in [-0.1, -0.05) is 62.2 Å². The van der Waals surface area contributed by atoms with E-state index in [1.54, 1.807) is 30.5 Å². The largest absolute Gasteiger partial charge is 0.459 e. The Morgan fingerprint density at radius 3 is 2.67 bits per heavy atom. The van der Waals surface area contributed by atoms with Crippen molar-refractivity contribution in [1.29, 1.82) is 0 Å². The van der Waals surface area contributed by atoms with E-state index in [1.807, 2.05) is 6.08 Å². The highest BCUT2D eigenvalue weighted by molar-refractivity contribution is 6.30. The normalized spacial score (nSPS) is 24.6. The van der Waals surface area contributed by atoms with E-state index >= 15 is 0 Å². The molecular weight excluding hydrogens is 514 g/mol. The summed E-state index contributed by atoms with van der Waals surface area (Å²) in [6.45, 7) is 11.5. The number of nitrogens with zero attached hydrogens (tertiary/aromatic N) is 3. The van der Waals surface area contributed by atoms with Gasteiger partial charge in [-0.2, -0.15) is 0 Å². The second kappa shape index (κ2) is 12.0. The Hall–Kier alpha value is -3.06. The standard InChI is InChI=1S/C31H38ClN3O4/c1-21-6-13-28-30(2,3)14-5-15-31(28,4)26(21)12-7-22(19-36)16-29(38)39-20-25-17-35(34-33-25)18-27(37)23-8-10-24(32)11-9-23/h7-11,17,19,26,28H,1,5-6,12-16,18,20H2,2-4H3/b22-7+/t26?,28-,31+/m0/s1. The predicted molar refractivity (Wildman–Crippen MR) is 150 cm³/mol. The molecule has 0 N–H and O–H groups in total. The summed E-state index contributed by atoms with van der Waals surface area (Å²) >= 11 is 5.87. The smallest absolute Gasteiger partial charge is 0.310 e. The molecule has 2 aliphatic carbocycles. The van der Waals surface area contributed by atoms with Gasteiger partial charge in [-0.3, -0.25) is 14.4 Å². The number of hydrogen-bond donors (Lipinski definition) is 0. The van der Waals surface area contributed by atoms with Crippen LogP contribution in [0.15, 0.2) is 54.3 Å². The zero-order chi connectivity index (χ0) is 28.2. The fourth-order valence-electron chi connectivity index (χ4n) is 6.87. The molecule has 1 aromatic heterocycles. The first kappa shape index (κ1) is 28.9. The number of hydrogen-bond acceptors (Lipinski definition) is 6. The first-order valence-electron chi connectivity index (χ1n) is 13.7. The van der Waals surface area contributed by atoms with E-state index < -0.39 is 5.97 Å². The summed E-state index contributed by atoms with van der Waals surface area (Å²) < 4.78 is 6.75. The van der Waals surface area contributed by atoms with Crippen molar-refractivity contribution in [2.75, 3.05) is 0 Å². The predicted octanol–water partition coefficient (Wildman–Crippen LogP) is 6.56. The Morgan fingerprint density at radius 1 is 1.21 bits per heavy atom. The molecule has 2 aliphatic rings. The Balaban J connectivity index is 1.31. The van der Waals surface area contributed by atoms with E-state index in [0.717, 1.165) is 12.7 Å². The van der Waals surface area contributed by atoms with Crippen molar-refractivity contribution < 1.29 is 19.1 Å². The minimum Gasteiger partial charge on any atom is -0.459 e. The number of allylic oxidation sites excluding steroid dienone is 2. The van der Waals surface area contributed by atoms with Gasteiger partial charge in [-0.15, -0.1) is 5.10 Å². The molecule has 8 heteroatoms. The van der Waals surface area contributed by atoms with Gasteiger partial charge in [0.2, 0.25) is 0 Å². The number of ether oxygens (including phenoxy) is 1. The molecule has 4 rings (SSSR count). The van der Waals surface area contributed by atoms with Crippen molar-refractivity contribution in [3.63, 3.8) is 0 Å². The summed E-state index contributed by atoms with van der Waals surface area (Å²) in [5.74, 6) is 0.276. The van der Waals surface area contributed by atoms with E-state index in [0.29, 0.717) is 45.5 Å². The molecule has 0 bridgehead atoms. The van der Waals surface area contributed by atoms with Crippen LogP contribution in [0, 0.1) is 22.7 Å². The molecule has 39 heavy (non-hydrogen) atoms. The molecule has 7 nitrogen and oxygen atoms in total. The molecule has 1 unspecified atom stereocenters. The number of halogens is 1. The quantitative estimate of drug-likeness (QED) is 0.109. The van der Waals surface area contributed by atoms with E-state index in [1.165, 1.54) is 35.9 Å². The minimum absolute atomic E-state index is 0.00399. The second-order valence-electron chi connectivity index (χ2n) is 12.0. The lowest BCUT2D eigenvalue weighted by Gasteiger charge is -2.58. The fraction of sp³-hybridized carbons (Fsp3) is 0.516. The van der Waals surface area contributed by atoms with Crippen LogP contribution in [0.1, 0.15) is 81.8 Å². The Bertz CT molecular complexity index is 1260. The summed E-state index contributed by atoms with van der Waals surface area (Å²) in [5.41, 5.74) is 3.07. The minimum atomic E-state index is -0.509. The van der Waals surface area contributed by atoms with Gasteiger partial charge in [0.15, 0.2) is 5.78 Å². The van der Waals surface area contributed by atoms with E-state index in [-0.39, 0.29) is 30.8 Å². The van der Waals surface area contributed by atoms with Crippen molar-refractivity contribution in [1.82, 2.24) is 15.0 Å². The van der Waals surface area contributed by atoms with Gasteiger partial charge in [-0.05, 0) is 84.6 Å². The number of aromatic nitrogens is 3. The fourth-order valence-corrected chi connectivity index (χ4v) is 7.00. The molecule has 208 valence electrons. The first-order chi connectivity index (χ1) is 18.5. The van der Waals surface area contributed by atoms with Crippen LogP contribution in [0.25, 0.3) is 0 Å². The monoisotopic (exact) mass is 551 g/mol. The van der Waals surface area contributed by atoms with Crippen LogP contribution in [0.2, 0.25) is 5.02 Å². The van der Waals surface area contributed by atoms with Crippen LogP contribution in [0.3, 0.4) is 0 Å². The van der Waals surface area contributed by atoms with E-state index in [9.17, 15) is 14.4 Å². The average molecular weight is 552 g/mol. The maximum Gasteiger partial charge on any atom is 0.310 e. The molecule has 2 aromatic rings. The van der Waals surface area contributed by atoms with Crippen LogP contribution in [-0.2, 0) is 27.5 Å². The van der Waals surface area contributed by atoms with Crippen molar-refractivity contribution in [3.8, 4) is 0 Å². The summed E-state index contributed by atoms with van der Waals surface area (Å²) in [6.07, 6.45) is 10.6. The molecule has 3 atom stereocenters. The molecule has 0 spiro atoms. The summed E-state index contributed by atoms with van der Waals surface area (Å²) in [7, 11) is 0. The Morgan fingerprint density at radius 2 is 1.95 bits per heavy atom. The lowest BCUT2D eigenvalue weighted by atomic mass is 9.47. The maximum atomic E-state index is 12.5. The molecule has 0 saturated heterocycles. The Labute approximate surface area is 235 Å². The third kappa shape index (κ3) is 6.75. The SMILES string of the molecule is C=C1CC[C@H]2C(C)(C)CCC[C@]2(C)C1C/C=C(/C=O)CC(=O)OCc1cn(CC(=O)c2ccc(Cl)cc2)nn1. The number of aldehydes is 1. The van der Waals surface area contributed by atoms with Crippen LogP contribution in [0.4, 0.5) is 0 Å². The molecule has 0 aliphatic heterocycles. The summed E-state index contributed by atoms with van der Waals surface area (Å²) in [4.78, 5) is 36.7. The molecule has 1 heterocycles. The zero-order valence-electron chi connectivity index (χ0n) is 23.1. The van der Waals surface area contributed by atoms with Gasteiger partial charge in [-0.25, -0.2) is 4.68 Å². The maximum absolute atomic E-state index is 12.5. The molecule has 2 saturated carbocycles. The molecule has 0 amide bonds. The van der Waals surface area contributed by atoms with Crippen molar-refractivity contribution in [3.05, 3.63) is 70.5 Å². The van der Waals surface area contributed by atoms with Crippen molar-refractivity contribution in [2.24, 2.45) is 22.7 Å². The lowest BCUT2D eigenvalue weighted by Crippen LogP contribution is -2.49. The lowest BCUT2D eigenvalue weighted by molar-refractivity contribution is -0.144. The number of esters is 1. The number of benzene rings is 1. The Kier molecular flexibility index (Phi) is 8.90. The topological polar surface area (TPSA) is 91.2 Å². The van der Waals surface area contributed by atoms with Gasteiger partial charge in [0, 0.05) is 10.6 Å². The van der Waals surface area contributed by atoms with Crippen LogP contribution >= 0.6 is 11.6 Å². The number of carbonyl (C=O) groups is 3. The number of rotatable bonds is 10. The van der Waals surface area contributed by atoms with Gasteiger partial charge >= 0.3 is 5.97 Å². The van der Waals surface area contributed by atoms with Gasteiger partial charge in [0.05, 0.1) is 12.6 Å². The van der Waals surface area contributed by atoms with E-state index in [4.69, 9.17) is 16.3 Å². The van der Waals surface area contributed by atoms with Crippen LogP contribution in [-0.4, -0.2) is 33.0 Å². The van der Waals surface area contributed by atoms with Gasteiger partial charge < -0.3 is 4.74 Å². The molecular formula is C31H38ClN3O4. The highest BCUT2D eigenvalue weighted by Crippen LogP contribution is 2.61. The van der Waals surface area contributed by atoms with E-state index in [2.05, 4.69) is 37.7 Å². The summed E-state index contributed by atoms with van der Waals surface area (Å²) in [6, 6.07) is 6.62. The van der Waals surface area contributed by atoms with Gasteiger partial charge in [0.1, 0.15) is 25.1 Å². The average Bonchev–Trinajstić information content (AvgIpc) is 3.33. The number of ketones is 1. The highest BCUT2D eigenvalue weighted by Gasteiger charge is 2.52. The molecule has 1 aromatic carbocycles. The second-order valence-corrected chi connectivity index (χ2v) is 12.4. The number of fused-ring (bicyclic) bond motifs is 1. The number of carbonyl (C=O) groups excluding carboxylic acids is 3. The summed E-state index contributed by atoms with van der Waals surface area (Å²) in [5, 5.41) is 8.48. The van der Waals surface area contributed by atoms with Crippen molar-refractivity contribution in [2.45, 2.75) is 78.9 Å². The highest BCUT2D eigenvalue weighted by atomic mass is 35.5. The molecule has 2 fully saturated rings. The third-order valence-corrected chi connectivity index (χ3v) is 9.13. The van der Waals surface area contributed by atoms with Crippen LogP contribution in [0.5, 0.6) is 0 Å². The number of Topliss-reactive ketones (excluding diaryl/α,β-unsaturated/α-hetero) is 1. The van der Waals surface area contributed by atoms with Crippen LogP contribution < -0.4 is 0 Å². The zero-order valence-corrected chi connectivity index (χ0v) is 23.9. The first-order valence-corrected chi connectivity index (χ1v) is 14.0. The van der Waals surface area contributed by atoms with Gasteiger partial charge in [0.25, 0.3) is 0 Å². The molecule has 0 radical (unpaired) electrons. The van der Waals surface area contributed by atoms with Crippen molar-refractivity contribution >= 4 is 29.6 Å².